The van der Waals surface area contributed by atoms with E-state index in [1.54, 1.807) is 6.07 Å². The van der Waals surface area contributed by atoms with E-state index in [9.17, 15) is 4.79 Å². The number of nitrogens with one attached hydrogen (secondary N) is 1. The van der Waals surface area contributed by atoms with E-state index in [0.29, 0.717) is 11.3 Å². The first-order valence-corrected chi connectivity index (χ1v) is 8.66. The third kappa shape index (κ3) is 5.71. The second kappa shape index (κ2) is 9.76. The highest BCUT2D eigenvalue weighted by atomic mass is 35.5. The van der Waals surface area contributed by atoms with E-state index in [1.165, 1.54) is 0 Å². The Morgan fingerprint density at radius 1 is 1.11 bits per heavy atom. The minimum atomic E-state index is -0.0445. The third-order valence-electron chi connectivity index (χ3n) is 4.61. The molecule has 6 nitrogen and oxygen atoms in total. The van der Waals surface area contributed by atoms with Gasteiger partial charge in [-0.25, -0.2) is 9.97 Å². The van der Waals surface area contributed by atoms with Gasteiger partial charge < -0.3 is 16.0 Å². The fourth-order valence-corrected chi connectivity index (χ4v) is 3.26. The molecule has 0 bridgehead atoms. The maximum absolute atomic E-state index is 12.5. The van der Waals surface area contributed by atoms with E-state index in [1.807, 2.05) is 39.0 Å². The predicted molar refractivity (Wildman–Crippen MR) is 114 cm³/mol. The van der Waals surface area contributed by atoms with Crippen LogP contribution in [0.25, 0.3) is 0 Å². The van der Waals surface area contributed by atoms with Gasteiger partial charge in [0, 0.05) is 42.1 Å². The maximum Gasteiger partial charge on any atom is 0.251 e. The van der Waals surface area contributed by atoms with Gasteiger partial charge >= 0.3 is 0 Å². The number of aromatic nitrogens is 2. The molecule has 8 heteroatoms. The number of halogens is 2. The van der Waals surface area contributed by atoms with Crippen molar-refractivity contribution in [2.24, 2.45) is 0 Å². The second-order valence-corrected chi connectivity index (χ2v) is 6.72. The maximum atomic E-state index is 12.5. The topological polar surface area (TPSA) is 84.1 Å². The summed E-state index contributed by atoms with van der Waals surface area (Å²) in [4.78, 5) is 23.6. The highest BCUT2D eigenvalue weighted by molar-refractivity contribution is 5.96. The van der Waals surface area contributed by atoms with Gasteiger partial charge in [0.1, 0.15) is 11.6 Å². The molecule has 3 rings (SSSR count). The van der Waals surface area contributed by atoms with Crippen LogP contribution in [-0.4, -0.2) is 35.0 Å². The van der Waals surface area contributed by atoms with Crippen molar-refractivity contribution in [3.63, 3.8) is 0 Å². The molecule has 0 saturated carbocycles. The summed E-state index contributed by atoms with van der Waals surface area (Å²) in [5.41, 5.74) is 9.00. The van der Waals surface area contributed by atoms with Crippen LogP contribution in [0.5, 0.6) is 0 Å². The fourth-order valence-electron chi connectivity index (χ4n) is 3.26. The Balaban J connectivity index is 0.00000182. The van der Waals surface area contributed by atoms with Gasteiger partial charge in [-0.05, 0) is 51.3 Å². The molecule has 0 spiro atoms. The van der Waals surface area contributed by atoms with Gasteiger partial charge in [0.2, 0.25) is 0 Å². The number of nitrogens with two attached hydrogens (primary N) is 1. The number of aryl methyl sites for hydroxylation is 3. The molecular formula is C19H27Cl2N5O. The Labute approximate surface area is 172 Å². The smallest absolute Gasteiger partial charge is 0.251 e. The molecule has 2 aromatic rings. The number of nitrogens with zero attached hydrogens (tertiary/aromatic N) is 3. The molecule has 27 heavy (non-hydrogen) atoms. The number of nitrogen functional groups attached to an aromatic ring is 1. The largest absolute Gasteiger partial charge is 0.399 e. The summed E-state index contributed by atoms with van der Waals surface area (Å²) in [6.45, 7) is 7.57. The van der Waals surface area contributed by atoms with E-state index in [2.05, 4.69) is 20.2 Å². The van der Waals surface area contributed by atoms with Crippen LogP contribution in [-0.2, 0) is 0 Å². The molecule has 1 fully saturated rings. The Bertz CT molecular complexity index is 771. The van der Waals surface area contributed by atoms with Crippen LogP contribution in [0, 0.1) is 20.8 Å². The van der Waals surface area contributed by atoms with Crippen LogP contribution in [0.4, 0.5) is 11.5 Å². The van der Waals surface area contributed by atoms with Crippen molar-refractivity contribution < 1.29 is 4.79 Å². The molecule has 2 heterocycles. The van der Waals surface area contributed by atoms with Crippen molar-refractivity contribution in [1.82, 2.24) is 15.3 Å². The molecule has 0 atom stereocenters. The zero-order chi connectivity index (χ0) is 18.0. The number of benzene rings is 1. The van der Waals surface area contributed by atoms with Crippen molar-refractivity contribution in [3.05, 3.63) is 46.9 Å². The summed E-state index contributed by atoms with van der Waals surface area (Å²) in [5.74, 6) is 1.72. The number of piperidine rings is 1. The number of hydrogen-bond donors (Lipinski definition) is 2. The highest BCUT2D eigenvalue weighted by Crippen LogP contribution is 2.20. The molecule has 0 radical (unpaired) electrons. The molecule has 1 aromatic carbocycles. The zero-order valence-corrected chi connectivity index (χ0v) is 17.5. The summed E-state index contributed by atoms with van der Waals surface area (Å²) in [6, 6.07) is 7.63. The normalized spacial score (nSPS) is 14.1. The average Bonchev–Trinajstić information content (AvgIpc) is 2.57. The van der Waals surface area contributed by atoms with E-state index in [4.69, 9.17) is 5.73 Å². The summed E-state index contributed by atoms with van der Waals surface area (Å²) >= 11 is 0. The van der Waals surface area contributed by atoms with Crippen LogP contribution in [0.3, 0.4) is 0 Å². The van der Waals surface area contributed by atoms with Gasteiger partial charge in [-0.15, -0.1) is 24.8 Å². The summed E-state index contributed by atoms with van der Waals surface area (Å²) in [5, 5.41) is 3.14. The lowest BCUT2D eigenvalue weighted by molar-refractivity contribution is 0.0930. The van der Waals surface area contributed by atoms with Gasteiger partial charge in [-0.1, -0.05) is 6.07 Å². The Morgan fingerprint density at radius 2 is 1.78 bits per heavy atom. The second-order valence-electron chi connectivity index (χ2n) is 6.72. The molecule has 1 aliphatic heterocycles. The summed E-state index contributed by atoms with van der Waals surface area (Å²) < 4.78 is 0. The fraction of sp³-hybridized carbons (Fsp3) is 0.421. The van der Waals surface area contributed by atoms with Gasteiger partial charge in [0.25, 0.3) is 5.91 Å². The molecular weight excluding hydrogens is 385 g/mol. The predicted octanol–water partition coefficient (Wildman–Crippen LogP) is 3.23. The first kappa shape index (κ1) is 23.0. The molecule has 1 amide bonds. The van der Waals surface area contributed by atoms with Crippen LogP contribution >= 0.6 is 24.8 Å². The minimum Gasteiger partial charge on any atom is -0.399 e. The van der Waals surface area contributed by atoms with Crippen LogP contribution in [0.1, 0.15) is 40.3 Å². The molecule has 1 aromatic heterocycles. The molecule has 1 aliphatic rings. The monoisotopic (exact) mass is 411 g/mol. The van der Waals surface area contributed by atoms with Crippen LogP contribution in [0.15, 0.2) is 24.3 Å². The molecule has 148 valence electrons. The summed E-state index contributed by atoms with van der Waals surface area (Å²) in [7, 11) is 0. The van der Waals surface area contributed by atoms with Crippen molar-refractivity contribution in [3.8, 4) is 0 Å². The lowest BCUT2D eigenvalue weighted by Crippen LogP contribution is -2.45. The van der Waals surface area contributed by atoms with Gasteiger partial charge in [0.05, 0.1) is 0 Å². The number of hydrogen-bond acceptors (Lipinski definition) is 5. The number of rotatable bonds is 3. The number of carbonyl (C=O) groups is 1. The Kier molecular flexibility index (Phi) is 8.31. The first-order valence-electron chi connectivity index (χ1n) is 8.66. The Hall–Kier alpha value is -2.05. The molecule has 3 N–H and O–H groups in total. The first-order chi connectivity index (χ1) is 11.9. The van der Waals surface area contributed by atoms with Gasteiger partial charge in [-0.3, -0.25) is 4.79 Å². The molecule has 0 aliphatic carbocycles. The number of amides is 1. The third-order valence-corrected chi connectivity index (χ3v) is 4.61. The highest BCUT2D eigenvalue weighted by Gasteiger charge is 2.23. The number of carbonyl (C=O) groups excluding carboxylic acids is 1. The molecule has 1 saturated heterocycles. The van der Waals surface area contributed by atoms with Crippen molar-refractivity contribution in [2.45, 2.75) is 39.7 Å². The summed E-state index contributed by atoms with van der Waals surface area (Å²) in [6.07, 6.45) is 1.80. The standard InChI is InChI=1S/C19H25N5O.2ClH/c1-12-4-5-15(20)11-17(12)19(25)23-16-6-8-24(9-7-16)18-10-13(2)21-14(3)22-18;;/h4-5,10-11,16H,6-9,20H2,1-3H3,(H,23,25);2*1H. The van der Waals surface area contributed by atoms with E-state index in [-0.39, 0.29) is 36.8 Å². The van der Waals surface area contributed by atoms with Crippen molar-refractivity contribution in [2.75, 3.05) is 23.7 Å². The van der Waals surface area contributed by atoms with Crippen LogP contribution in [0.2, 0.25) is 0 Å². The van der Waals surface area contributed by atoms with Crippen molar-refractivity contribution in [1.29, 1.82) is 0 Å². The number of anilines is 2. The molecule has 0 unspecified atom stereocenters. The lowest BCUT2D eigenvalue weighted by atomic mass is 10.0. The van der Waals surface area contributed by atoms with Crippen molar-refractivity contribution >= 4 is 42.2 Å². The van der Waals surface area contributed by atoms with E-state index < -0.39 is 0 Å². The lowest BCUT2D eigenvalue weighted by Gasteiger charge is -2.33. The minimum absolute atomic E-state index is 0. The van der Waals surface area contributed by atoms with Gasteiger partial charge in [-0.2, -0.15) is 0 Å². The quantitative estimate of drug-likeness (QED) is 0.757. The Morgan fingerprint density at radius 3 is 2.41 bits per heavy atom. The van der Waals surface area contributed by atoms with Crippen LogP contribution < -0.4 is 16.0 Å². The van der Waals surface area contributed by atoms with Gasteiger partial charge in [0.15, 0.2) is 0 Å². The zero-order valence-electron chi connectivity index (χ0n) is 15.9. The van der Waals surface area contributed by atoms with E-state index >= 15 is 0 Å². The average molecular weight is 412 g/mol. The SMILES string of the molecule is Cc1cc(N2CCC(NC(=O)c3cc(N)ccc3C)CC2)nc(C)n1.Cl.Cl. The van der Waals surface area contributed by atoms with E-state index in [0.717, 1.165) is 48.8 Å².